The molecule has 0 rings (SSSR count). The highest BCUT2D eigenvalue weighted by molar-refractivity contribution is 7.99. The second kappa shape index (κ2) is 18.2. The Labute approximate surface area is 149 Å². The van der Waals surface area contributed by atoms with Crippen molar-refractivity contribution in [3.8, 4) is 0 Å². The first kappa shape index (κ1) is 22.8. The lowest BCUT2D eigenvalue weighted by Crippen LogP contribution is -2.13. The Morgan fingerprint density at radius 1 is 0.783 bits per heavy atom. The molecule has 0 bridgehead atoms. The van der Waals surface area contributed by atoms with Crippen LogP contribution in [0.1, 0.15) is 97.8 Å². The van der Waals surface area contributed by atoms with Crippen molar-refractivity contribution in [2.75, 3.05) is 18.1 Å². The number of esters is 1. The average molecular weight is 345 g/mol. The van der Waals surface area contributed by atoms with E-state index in [9.17, 15) is 4.79 Å². The monoisotopic (exact) mass is 344 g/mol. The molecular weight excluding hydrogens is 304 g/mol. The second-order valence-electron chi connectivity index (χ2n) is 6.82. The maximum absolute atomic E-state index is 11.3. The van der Waals surface area contributed by atoms with Crippen LogP contribution in [-0.4, -0.2) is 24.1 Å². The summed E-state index contributed by atoms with van der Waals surface area (Å²) in [5.74, 6) is 2.07. The van der Waals surface area contributed by atoms with Crippen LogP contribution in [0.5, 0.6) is 0 Å². The smallest absolute Gasteiger partial charge is 0.308 e. The number of rotatable bonds is 17. The van der Waals surface area contributed by atoms with Crippen LogP contribution in [0, 0.1) is 5.92 Å². The van der Waals surface area contributed by atoms with Crippen LogP contribution >= 0.6 is 11.8 Å². The summed E-state index contributed by atoms with van der Waals surface area (Å²) in [5.41, 5.74) is 0. The fourth-order valence-electron chi connectivity index (χ4n) is 2.52. The third kappa shape index (κ3) is 18.0. The maximum Gasteiger partial charge on any atom is 0.308 e. The molecule has 2 nitrogen and oxygen atoms in total. The third-order valence-electron chi connectivity index (χ3n) is 4.09. The minimum absolute atomic E-state index is 0.00339. The van der Waals surface area contributed by atoms with Gasteiger partial charge in [0.15, 0.2) is 0 Å². The molecule has 0 aromatic rings. The van der Waals surface area contributed by atoms with Gasteiger partial charge in [0.25, 0.3) is 0 Å². The molecule has 0 radical (unpaired) electrons. The van der Waals surface area contributed by atoms with Gasteiger partial charge in [-0.05, 0) is 12.2 Å². The maximum atomic E-state index is 11.3. The summed E-state index contributed by atoms with van der Waals surface area (Å²) in [7, 11) is 0. The molecule has 0 aromatic heterocycles. The van der Waals surface area contributed by atoms with Crippen molar-refractivity contribution in [1.29, 1.82) is 0 Å². The van der Waals surface area contributed by atoms with Gasteiger partial charge in [0.2, 0.25) is 0 Å². The molecule has 0 saturated carbocycles. The molecule has 0 heterocycles. The highest BCUT2D eigenvalue weighted by Crippen LogP contribution is 2.13. The standard InChI is InChI=1S/C20H40O2S/c1-4-5-6-7-8-9-10-11-12-13-14-15-17-23-18-16-22-20(21)19(2)3/h19H,4-18H2,1-3H3. The van der Waals surface area contributed by atoms with Crippen molar-refractivity contribution in [2.24, 2.45) is 5.92 Å². The molecule has 0 aliphatic rings. The van der Waals surface area contributed by atoms with Crippen LogP contribution in [0.3, 0.4) is 0 Å². The van der Waals surface area contributed by atoms with Crippen LogP contribution in [0.4, 0.5) is 0 Å². The van der Waals surface area contributed by atoms with E-state index in [2.05, 4.69) is 6.92 Å². The zero-order valence-corrected chi connectivity index (χ0v) is 16.7. The summed E-state index contributed by atoms with van der Waals surface area (Å²) in [5, 5.41) is 0. The summed E-state index contributed by atoms with van der Waals surface area (Å²) in [4.78, 5) is 11.3. The molecule has 0 spiro atoms. The van der Waals surface area contributed by atoms with Gasteiger partial charge in [0.1, 0.15) is 6.61 Å². The molecule has 0 aliphatic heterocycles. The molecule has 0 N–H and O–H groups in total. The summed E-state index contributed by atoms with van der Waals surface area (Å²) in [6.07, 6.45) is 16.8. The third-order valence-corrected chi connectivity index (χ3v) is 5.12. The quantitative estimate of drug-likeness (QED) is 0.219. The van der Waals surface area contributed by atoms with Crippen LogP contribution < -0.4 is 0 Å². The Morgan fingerprint density at radius 3 is 1.74 bits per heavy atom. The van der Waals surface area contributed by atoms with E-state index in [1.807, 2.05) is 25.6 Å². The van der Waals surface area contributed by atoms with Crippen molar-refractivity contribution in [3.63, 3.8) is 0 Å². The number of hydrogen-bond donors (Lipinski definition) is 0. The van der Waals surface area contributed by atoms with Gasteiger partial charge in [-0.25, -0.2) is 0 Å². The van der Waals surface area contributed by atoms with Crippen LogP contribution in [0.15, 0.2) is 0 Å². The van der Waals surface area contributed by atoms with Gasteiger partial charge < -0.3 is 4.74 Å². The molecule has 0 fully saturated rings. The first-order valence-electron chi connectivity index (χ1n) is 9.92. The number of ether oxygens (including phenoxy) is 1. The van der Waals surface area contributed by atoms with Gasteiger partial charge in [-0.2, -0.15) is 11.8 Å². The van der Waals surface area contributed by atoms with Gasteiger partial charge in [-0.15, -0.1) is 0 Å². The predicted molar refractivity (Wildman–Crippen MR) is 104 cm³/mol. The largest absolute Gasteiger partial charge is 0.465 e. The summed E-state index contributed by atoms with van der Waals surface area (Å²) < 4.78 is 5.16. The highest BCUT2D eigenvalue weighted by Gasteiger charge is 2.06. The zero-order valence-electron chi connectivity index (χ0n) is 15.9. The highest BCUT2D eigenvalue weighted by atomic mass is 32.2. The number of hydrogen-bond acceptors (Lipinski definition) is 3. The SMILES string of the molecule is CCCCCCCCCCCCCCSCCOC(=O)C(C)C. The Kier molecular flexibility index (Phi) is 18.0. The average Bonchev–Trinajstić information content (AvgIpc) is 2.54. The first-order chi connectivity index (χ1) is 11.2. The first-order valence-corrected chi connectivity index (χ1v) is 11.1. The topological polar surface area (TPSA) is 26.3 Å². The van der Waals surface area contributed by atoms with E-state index in [0.29, 0.717) is 6.61 Å². The van der Waals surface area contributed by atoms with E-state index < -0.39 is 0 Å². The van der Waals surface area contributed by atoms with Gasteiger partial charge >= 0.3 is 5.97 Å². The van der Waals surface area contributed by atoms with Crippen molar-refractivity contribution in [1.82, 2.24) is 0 Å². The lowest BCUT2D eigenvalue weighted by Gasteiger charge is -2.06. The Hall–Kier alpha value is -0.180. The summed E-state index contributed by atoms with van der Waals surface area (Å²) >= 11 is 1.91. The summed E-state index contributed by atoms with van der Waals surface area (Å²) in [6, 6.07) is 0. The van der Waals surface area contributed by atoms with E-state index in [0.717, 1.165) is 5.75 Å². The summed E-state index contributed by atoms with van der Waals surface area (Å²) in [6.45, 7) is 6.60. The lowest BCUT2D eigenvalue weighted by atomic mass is 10.1. The molecule has 0 unspecified atom stereocenters. The number of carbonyl (C=O) groups is 1. The van der Waals surface area contributed by atoms with Crippen molar-refractivity contribution < 1.29 is 9.53 Å². The number of thioether (sulfide) groups is 1. The van der Waals surface area contributed by atoms with Gasteiger partial charge in [-0.3, -0.25) is 4.79 Å². The molecule has 23 heavy (non-hydrogen) atoms. The molecule has 138 valence electrons. The van der Waals surface area contributed by atoms with E-state index in [4.69, 9.17) is 4.74 Å². The van der Waals surface area contributed by atoms with E-state index in [1.165, 1.54) is 82.8 Å². The Bertz CT molecular complexity index is 254. The minimum Gasteiger partial charge on any atom is -0.465 e. The molecule has 0 aliphatic carbocycles. The molecule has 0 aromatic carbocycles. The van der Waals surface area contributed by atoms with Gasteiger partial charge in [0, 0.05) is 5.75 Å². The minimum atomic E-state index is -0.0732. The number of unbranched alkanes of at least 4 members (excludes halogenated alkanes) is 11. The van der Waals surface area contributed by atoms with Crippen molar-refractivity contribution >= 4 is 17.7 Å². The Balaban J connectivity index is 3.04. The molecule has 0 amide bonds. The van der Waals surface area contributed by atoms with Gasteiger partial charge in [0.05, 0.1) is 5.92 Å². The lowest BCUT2D eigenvalue weighted by molar-refractivity contribution is -0.146. The second-order valence-corrected chi connectivity index (χ2v) is 8.05. The van der Waals surface area contributed by atoms with Crippen molar-refractivity contribution in [2.45, 2.75) is 97.8 Å². The van der Waals surface area contributed by atoms with E-state index >= 15 is 0 Å². The van der Waals surface area contributed by atoms with Crippen LogP contribution in [0.25, 0.3) is 0 Å². The molecule has 3 heteroatoms. The zero-order chi connectivity index (χ0) is 17.2. The van der Waals surface area contributed by atoms with Gasteiger partial charge in [-0.1, -0.05) is 91.4 Å². The predicted octanol–water partition coefficient (Wildman–Crippen LogP) is 6.62. The Morgan fingerprint density at radius 2 is 1.26 bits per heavy atom. The number of carbonyl (C=O) groups excluding carboxylic acids is 1. The van der Waals surface area contributed by atoms with E-state index in [-0.39, 0.29) is 11.9 Å². The molecular formula is C20H40O2S. The van der Waals surface area contributed by atoms with E-state index in [1.54, 1.807) is 0 Å². The van der Waals surface area contributed by atoms with Crippen LogP contribution in [-0.2, 0) is 9.53 Å². The van der Waals surface area contributed by atoms with Crippen molar-refractivity contribution in [3.05, 3.63) is 0 Å². The fraction of sp³-hybridized carbons (Fsp3) is 0.950. The molecule has 0 saturated heterocycles. The normalized spacial score (nSPS) is 11.1. The van der Waals surface area contributed by atoms with Crippen LogP contribution in [0.2, 0.25) is 0 Å². The fourth-order valence-corrected chi connectivity index (χ4v) is 3.33. The molecule has 0 atom stereocenters.